The second-order valence-electron chi connectivity index (χ2n) is 5.92. The van der Waals surface area contributed by atoms with Crippen molar-refractivity contribution < 1.29 is 35.5 Å². The van der Waals surface area contributed by atoms with Gasteiger partial charge in [0.15, 0.2) is 0 Å². The predicted molar refractivity (Wildman–Crippen MR) is 109 cm³/mol. The molecule has 0 saturated carbocycles. The van der Waals surface area contributed by atoms with Crippen LogP contribution in [0.5, 0.6) is 11.5 Å². The van der Waals surface area contributed by atoms with Crippen molar-refractivity contribution >= 4 is 32.6 Å². The molecular formula is C21H17IN3O3S-. The van der Waals surface area contributed by atoms with Gasteiger partial charge in [0, 0.05) is 0 Å². The number of nitrogens with zero attached hydrogens (tertiary/aromatic N) is 2. The van der Waals surface area contributed by atoms with Gasteiger partial charge >= 0.3 is 176 Å². The van der Waals surface area contributed by atoms with E-state index in [1.54, 1.807) is 26.5 Å². The van der Waals surface area contributed by atoms with Crippen molar-refractivity contribution in [3.05, 3.63) is 73.6 Å². The minimum absolute atomic E-state index is 0.273. The molecule has 8 heteroatoms. The van der Waals surface area contributed by atoms with Crippen LogP contribution in [0.2, 0.25) is 0 Å². The molecule has 29 heavy (non-hydrogen) atoms. The van der Waals surface area contributed by atoms with Crippen LogP contribution in [0.4, 0.5) is 5.13 Å². The molecule has 0 atom stereocenters. The predicted octanol–water partition coefficient (Wildman–Crippen LogP) is 1.09. The van der Waals surface area contributed by atoms with Crippen molar-refractivity contribution in [3.63, 3.8) is 0 Å². The number of hydrogen-bond donors (Lipinski definition) is 1. The average molecular weight is 518 g/mol. The molecule has 2 aromatic carbocycles. The molecule has 0 aliphatic rings. The van der Waals surface area contributed by atoms with Crippen LogP contribution in [-0.2, 0) is 0 Å². The van der Waals surface area contributed by atoms with E-state index >= 15 is 0 Å². The van der Waals surface area contributed by atoms with Crippen LogP contribution in [0.15, 0.2) is 60.8 Å². The normalized spacial score (nSPS) is 10.8. The molecule has 1 amide bonds. The summed E-state index contributed by atoms with van der Waals surface area (Å²) in [6.07, 6.45) is 1.77. The zero-order chi connectivity index (χ0) is 20.2. The summed E-state index contributed by atoms with van der Waals surface area (Å²) < 4.78 is 13.8. The van der Waals surface area contributed by atoms with E-state index in [9.17, 15) is 4.79 Å². The van der Waals surface area contributed by atoms with Gasteiger partial charge in [-0.3, -0.25) is 0 Å². The molecule has 2 aromatic heterocycles. The summed E-state index contributed by atoms with van der Waals surface area (Å²) in [4.78, 5) is 21.3. The van der Waals surface area contributed by atoms with Crippen LogP contribution in [0, 0.1) is 7.14 Å². The van der Waals surface area contributed by atoms with Crippen molar-refractivity contribution in [2.75, 3.05) is 19.5 Å². The van der Waals surface area contributed by atoms with E-state index in [1.165, 1.54) is 14.9 Å². The Morgan fingerprint density at radius 3 is 2.38 bits per heavy atom. The zero-order valence-electron chi connectivity index (χ0n) is 15.7. The molecule has 6 nitrogen and oxygen atoms in total. The number of halogens is 1. The summed E-state index contributed by atoms with van der Waals surface area (Å²) in [6, 6.07) is 17.4. The molecule has 0 saturated heterocycles. The average Bonchev–Trinajstić information content (AvgIpc) is 3.16. The molecule has 4 aromatic rings. The molecule has 148 valence electrons. The fourth-order valence-corrected chi connectivity index (χ4v) is 5.54. The number of ether oxygens (including phenoxy) is 2. The molecule has 0 radical (unpaired) electrons. The van der Waals surface area contributed by atoms with Gasteiger partial charge in [0.05, 0.1) is 7.11 Å². The summed E-state index contributed by atoms with van der Waals surface area (Å²) in [7, 11) is 3.28. The Morgan fingerprint density at radius 2 is 1.69 bits per heavy atom. The Labute approximate surface area is 182 Å². The quantitative estimate of drug-likeness (QED) is 0.387. The molecular weight excluding hydrogens is 501 g/mol. The first-order chi connectivity index (χ1) is 14.1. The molecule has 0 unspecified atom stereocenters. The third-order valence-corrected chi connectivity index (χ3v) is 7.58. The second-order valence-corrected chi connectivity index (χ2v) is 9.98. The Morgan fingerprint density at radius 1 is 0.966 bits per heavy atom. The third kappa shape index (κ3) is 4.65. The number of benzene rings is 2. The third-order valence-electron chi connectivity index (χ3n) is 4.04. The van der Waals surface area contributed by atoms with E-state index in [4.69, 9.17) is 9.47 Å². The molecule has 2 heterocycles. The van der Waals surface area contributed by atoms with E-state index in [1.807, 2.05) is 36.4 Å². The number of thiazole rings is 1. The molecule has 0 bridgehead atoms. The number of carbonyl (C=O) groups excluding carboxylic acids is 1. The van der Waals surface area contributed by atoms with Crippen LogP contribution in [0.3, 0.4) is 0 Å². The standard InChI is InChI=1S/C21H17IN3O3S/c1-27-15-6-3-13(4-7-15)22-14-5-9-18(23-12-14)20(26)25-21-24-17-10-8-16(28-2)11-19(17)29-21/h3-12H,1-2H3,(H,24,25,26)/q-1. The van der Waals surface area contributed by atoms with E-state index in [2.05, 4.69) is 27.4 Å². The first kappa shape index (κ1) is 19.6. The fraction of sp³-hybridized carbons (Fsp3) is 0.0952. The fourth-order valence-electron chi connectivity index (χ4n) is 2.57. The van der Waals surface area contributed by atoms with Crippen LogP contribution < -0.4 is 36.0 Å². The topological polar surface area (TPSA) is 73.3 Å². The number of carbonyl (C=O) groups is 1. The second kappa shape index (κ2) is 8.75. The first-order valence-corrected chi connectivity index (χ1v) is 11.6. The van der Waals surface area contributed by atoms with Crippen molar-refractivity contribution in [2.45, 2.75) is 0 Å². The summed E-state index contributed by atoms with van der Waals surface area (Å²) >= 11 is 1.04. The zero-order valence-corrected chi connectivity index (χ0v) is 18.7. The monoisotopic (exact) mass is 518 g/mol. The Balaban J connectivity index is 1.43. The number of methoxy groups -OCH3 is 2. The summed E-state index contributed by atoms with van der Waals surface area (Å²) in [5.74, 6) is 1.33. The van der Waals surface area contributed by atoms with Gasteiger partial charge < -0.3 is 0 Å². The van der Waals surface area contributed by atoms with Gasteiger partial charge in [-0.05, 0) is 0 Å². The van der Waals surface area contributed by atoms with Crippen molar-refractivity contribution in [1.82, 2.24) is 9.97 Å². The van der Waals surface area contributed by atoms with Gasteiger partial charge in [0.1, 0.15) is 0 Å². The van der Waals surface area contributed by atoms with Crippen molar-refractivity contribution in [3.8, 4) is 11.5 Å². The number of pyridine rings is 1. The number of fused-ring (bicyclic) bond motifs is 1. The van der Waals surface area contributed by atoms with Gasteiger partial charge in [0.25, 0.3) is 0 Å². The van der Waals surface area contributed by atoms with Gasteiger partial charge in [-0.2, -0.15) is 0 Å². The van der Waals surface area contributed by atoms with Crippen LogP contribution in [-0.4, -0.2) is 30.1 Å². The summed E-state index contributed by atoms with van der Waals surface area (Å²) in [5, 5.41) is 3.36. The molecule has 0 aliphatic carbocycles. The number of nitrogens with one attached hydrogen (secondary N) is 1. The SMILES string of the molecule is COc1ccc([I-]c2ccc(C(=O)Nc3nc4ccc(OC)cc4s3)nc2)cc1. The number of amides is 1. The van der Waals surface area contributed by atoms with Crippen molar-refractivity contribution in [2.24, 2.45) is 0 Å². The van der Waals surface area contributed by atoms with E-state index in [0.29, 0.717) is 10.8 Å². The van der Waals surface area contributed by atoms with E-state index < -0.39 is 0 Å². The number of hydrogen-bond acceptors (Lipinski definition) is 6. The maximum atomic E-state index is 12.5. The summed E-state index contributed by atoms with van der Waals surface area (Å²) in [6.45, 7) is 0. The van der Waals surface area contributed by atoms with Crippen LogP contribution in [0.25, 0.3) is 10.2 Å². The van der Waals surface area contributed by atoms with Gasteiger partial charge in [0.2, 0.25) is 0 Å². The van der Waals surface area contributed by atoms with E-state index in [0.717, 1.165) is 25.3 Å². The number of aromatic nitrogens is 2. The molecule has 0 spiro atoms. The Hall–Kier alpha value is -2.72. The van der Waals surface area contributed by atoms with Crippen LogP contribution >= 0.6 is 11.3 Å². The van der Waals surface area contributed by atoms with Gasteiger partial charge in [-0.1, -0.05) is 0 Å². The first-order valence-electron chi connectivity index (χ1n) is 8.65. The Kier molecular flexibility index (Phi) is 5.91. The van der Waals surface area contributed by atoms with Crippen LogP contribution in [0.1, 0.15) is 10.5 Å². The maximum absolute atomic E-state index is 12.5. The molecule has 0 fully saturated rings. The molecule has 0 aliphatic heterocycles. The van der Waals surface area contributed by atoms with Gasteiger partial charge in [-0.15, -0.1) is 0 Å². The van der Waals surface area contributed by atoms with Gasteiger partial charge in [-0.25, -0.2) is 0 Å². The number of rotatable bonds is 6. The summed E-state index contributed by atoms with van der Waals surface area (Å²) in [5.41, 5.74) is 1.18. The molecule has 4 rings (SSSR count). The number of anilines is 1. The molecule has 1 N–H and O–H groups in total. The van der Waals surface area contributed by atoms with E-state index in [-0.39, 0.29) is 27.1 Å². The van der Waals surface area contributed by atoms with Crippen molar-refractivity contribution in [1.29, 1.82) is 0 Å². The Bertz CT molecular complexity index is 1140. The minimum atomic E-state index is -0.362.